The Balaban J connectivity index is 1.40. The van der Waals surface area contributed by atoms with E-state index in [9.17, 15) is 27.5 Å². The molecule has 1 saturated heterocycles. The van der Waals surface area contributed by atoms with Gasteiger partial charge in [-0.05, 0) is 80.3 Å². The molecule has 0 bridgehead atoms. The van der Waals surface area contributed by atoms with Crippen molar-refractivity contribution in [2.75, 3.05) is 51.8 Å². The number of hydrogen-bond donors (Lipinski definition) is 2. The van der Waals surface area contributed by atoms with Crippen molar-refractivity contribution < 1.29 is 36.9 Å². The van der Waals surface area contributed by atoms with Gasteiger partial charge in [-0.2, -0.15) is 0 Å². The number of unbranched alkanes of at least 4 members (excludes halogenated alkanes) is 2. The van der Waals surface area contributed by atoms with Crippen molar-refractivity contribution in [3.8, 4) is 5.75 Å². The normalized spacial score (nSPS) is 18.0. The summed E-state index contributed by atoms with van der Waals surface area (Å²) in [4.78, 5) is 21.0. The van der Waals surface area contributed by atoms with Crippen LogP contribution in [0.25, 0.3) is 0 Å². The van der Waals surface area contributed by atoms with E-state index in [1.165, 1.54) is 18.7 Å². The number of nitrogens with zero attached hydrogens (tertiary/aromatic N) is 3. The van der Waals surface area contributed by atoms with E-state index in [1.807, 2.05) is 18.7 Å². The maximum Gasteiger partial charge on any atom is 0.522 e. The molecule has 0 saturated carbocycles. The van der Waals surface area contributed by atoms with E-state index in [1.54, 1.807) is 11.0 Å². The number of fused-ring (bicyclic) bond motifs is 1. The Kier molecular flexibility index (Phi) is 11.8. The van der Waals surface area contributed by atoms with Crippen LogP contribution in [-0.4, -0.2) is 84.7 Å². The van der Waals surface area contributed by atoms with Gasteiger partial charge < -0.3 is 15.2 Å². The van der Waals surface area contributed by atoms with E-state index in [0.717, 1.165) is 56.6 Å². The lowest BCUT2D eigenvalue weighted by Gasteiger charge is -2.31. The van der Waals surface area contributed by atoms with E-state index < -0.39 is 30.8 Å². The van der Waals surface area contributed by atoms with Gasteiger partial charge in [0.25, 0.3) is 0 Å². The quantitative estimate of drug-likeness (QED) is 0.180. The van der Waals surface area contributed by atoms with Crippen LogP contribution in [0.2, 0.25) is 0 Å². The second-order valence-corrected chi connectivity index (χ2v) is 11.9. The average Bonchev–Trinajstić information content (AvgIpc) is 3.44. The second-order valence-electron chi connectivity index (χ2n) is 11.9. The molecule has 3 heterocycles. The Morgan fingerprint density at radius 3 is 2.70 bits per heavy atom. The Labute approximate surface area is 256 Å². The highest BCUT2D eigenvalue weighted by atomic mass is 19.4. The van der Waals surface area contributed by atoms with Crippen molar-refractivity contribution in [2.45, 2.75) is 83.2 Å². The minimum atomic E-state index is -4.72. The fraction of sp³-hybridized carbons (Fsp3) is 0.625. The molecule has 1 aromatic heterocycles. The molecule has 2 aliphatic heterocycles. The molecule has 0 spiro atoms. The molecule has 12 heteroatoms. The molecule has 4 rings (SSSR count). The minimum Gasteiger partial charge on any atom is -0.493 e. The van der Waals surface area contributed by atoms with Crippen LogP contribution < -0.4 is 10.1 Å². The molecule has 0 aliphatic carbocycles. The highest BCUT2D eigenvalue weighted by molar-refractivity contribution is 5.77. The number of aromatic nitrogens is 1. The summed E-state index contributed by atoms with van der Waals surface area (Å²) in [5, 5.41) is 13.6. The van der Waals surface area contributed by atoms with Crippen LogP contribution >= 0.6 is 0 Å². The number of likely N-dealkylation sites (tertiary alicyclic amines) is 1. The van der Waals surface area contributed by atoms with Crippen LogP contribution in [0.4, 0.5) is 23.4 Å². The number of hydrogen-bond acceptors (Lipinski definition) is 7. The summed E-state index contributed by atoms with van der Waals surface area (Å²) < 4.78 is 62.6. The standard InChI is InChI=1S/C32H44F4N4O4/c1-21(2)23-18-26(29(43-3)27(33)19-23)28(31(41)42)40-15-12-25(20-40)39(16-17-44-32(34,35)36)14-6-4-5-9-24-11-10-22-8-7-13-37-30(22)38-24/h10-11,18-19,21,25,28H,4-9,12-17,20H2,1-3H3,(H,37,38)(H,41,42)/t25-,28-/m1/s1. The first-order chi connectivity index (χ1) is 21.0. The van der Waals surface area contributed by atoms with Crippen LogP contribution in [-0.2, 0) is 22.4 Å². The smallest absolute Gasteiger partial charge is 0.493 e. The number of pyridine rings is 1. The van der Waals surface area contributed by atoms with Gasteiger partial charge in [0.15, 0.2) is 11.6 Å². The van der Waals surface area contributed by atoms with Crippen molar-refractivity contribution in [1.29, 1.82) is 0 Å². The highest BCUT2D eigenvalue weighted by Crippen LogP contribution is 2.37. The zero-order chi connectivity index (χ0) is 31.9. The summed E-state index contributed by atoms with van der Waals surface area (Å²) in [6, 6.07) is 5.91. The molecule has 44 heavy (non-hydrogen) atoms. The Bertz CT molecular complexity index is 1260. The second kappa shape index (κ2) is 15.4. The van der Waals surface area contributed by atoms with Gasteiger partial charge in [0, 0.05) is 43.5 Å². The number of nitrogens with one attached hydrogen (secondary N) is 1. The number of aliphatic carboxylic acids is 1. The zero-order valence-corrected chi connectivity index (χ0v) is 25.8. The number of methoxy groups -OCH3 is 1. The maximum atomic E-state index is 15.0. The summed E-state index contributed by atoms with van der Waals surface area (Å²) in [5.41, 5.74) is 3.16. The first-order valence-electron chi connectivity index (χ1n) is 15.5. The van der Waals surface area contributed by atoms with Crippen LogP contribution in [0, 0.1) is 5.82 Å². The molecular weight excluding hydrogens is 580 g/mol. The molecule has 0 unspecified atom stereocenters. The molecular formula is C32H44F4N4O4. The molecule has 1 aromatic carbocycles. The van der Waals surface area contributed by atoms with Crippen molar-refractivity contribution in [3.63, 3.8) is 0 Å². The SMILES string of the molecule is COc1c(F)cc(C(C)C)cc1[C@H](C(=O)O)N1CC[C@@H](N(CCCCCc2ccc3c(n2)NCCC3)CCOC(F)(F)F)C1. The van der Waals surface area contributed by atoms with E-state index in [2.05, 4.69) is 22.2 Å². The minimum absolute atomic E-state index is 0.0289. The number of halogens is 4. The predicted molar refractivity (Wildman–Crippen MR) is 160 cm³/mol. The van der Waals surface area contributed by atoms with Gasteiger partial charge in [-0.15, -0.1) is 13.2 Å². The fourth-order valence-electron chi connectivity index (χ4n) is 6.24. The first kappa shape index (κ1) is 33.9. The van der Waals surface area contributed by atoms with Crippen LogP contribution in [0.15, 0.2) is 24.3 Å². The number of anilines is 1. The Morgan fingerprint density at radius 2 is 2.00 bits per heavy atom. The molecule has 8 nitrogen and oxygen atoms in total. The molecule has 0 amide bonds. The number of ether oxygens (including phenoxy) is 2. The summed E-state index contributed by atoms with van der Waals surface area (Å²) in [6.07, 6.45) is 1.33. The largest absolute Gasteiger partial charge is 0.522 e. The van der Waals surface area contributed by atoms with Crippen LogP contribution in [0.3, 0.4) is 0 Å². The number of benzene rings is 1. The summed E-state index contributed by atoms with van der Waals surface area (Å²) in [5.74, 6) is -0.930. The number of carboxylic acid groups (broad SMARTS) is 1. The highest BCUT2D eigenvalue weighted by Gasteiger charge is 2.38. The van der Waals surface area contributed by atoms with Crippen molar-refractivity contribution in [1.82, 2.24) is 14.8 Å². The molecule has 1 fully saturated rings. The van der Waals surface area contributed by atoms with Crippen molar-refractivity contribution in [2.24, 2.45) is 0 Å². The number of alkyl halides is 3. The number of aryl methyl sites for hydroxylation is 2. The molecule has 2 aliphatic rings. The van der Waals surface area contributed by atoms with Gasteiger partial charge in [-0.3, -0.25) is 19.3 Å². The third kappa shape index (κ3) is 9.04. The van der Waals surface area contributed by atoms with Crippen molar-refractivity contribution in [3.05, 3.63) is 52.5 Å². The van der Waals surface area contributed by atoms with Gasteiger partial charge in [0.2, 0.25) is 0 Å². The van der Waals surface area contributed by atoms with Gasteiger partial charge in [-0.25, -0.2) is 9.37 Å². The average molecular weight is 625 g/mol. The monoisotopic (exact) mass is 624 g/mol. The first-order valence-corrected chi connectivity index (χ1v) is 15.5. The zero-order valence-electron chi connectivity index (χ0n) is 25.8. The molecule has 2 N–H and O–H groups in total. The molecule has 2 aromatic rings. The number of rotatable bonds is 15. The third-order valence-electron chi connectivity index (χ3n) is 8.54. The van der Waals surface area contributed by atoms with E-state index in [4.69, 9.17) is 9.72 Å². The van der Waals surface area contributed by atoms with Crippen molar-refractivity contribution >= 4 is 11.8 Å². The summed E-state index contributed by atoms with van der Waals surface area (Å²) in [6.45, 7) is 5.54. The summed E-state index contributed by atoms with van der Waals surface area (Å²) in [7, 11) is 1.31. The lowest BCUT2D eigenvalue weighted by atomic mass is 9.95. The molecule has 244 valence electrons. The summed E-state index contributed by atoms with van der Waals surface area (Å²) >= 11 is 0. The van der Waals surface area contributed by atoms with E-state index >= 15 is 0 Å². The lowest BCUT2D eigenvalue weighted by molar-refractivity contribution is -0.325. The van der Waals surface area contributed by atoms with Crippen LogP contribution in [0.1, 0.15) is 80.3 Å². The van der Waals surface area contributed by atoms with Gasteiger partial charge in [-0.1, -0.05) is 26.3 Å². The third-order valence-corrected chi connectivity index (χ3v) is 8.54. The van der Waals surface area contributed by atoms with E-state index in [0.29, 0.717) is 31.6 Å². The van der Waals surface area contributed by atoms with Crippen LogP contribution in [0.5, 0.6) is 5.75 Å². The predicted octanol–water partition coefficient (Wildman–Crippen LogP) is 6.16. The molecule has 0 radical (unpaired) electrons. The maximum absolute atomic E-state index is 15.0. The Morgan fingerprint density at radius 1 is 1.20 bits per heavy atom. The number of carboxylic acids is 1. The lowest BCUT2D eigenvalue weighted by Crippen LogP contribution is -2.42. The van der Waals surface area contributed by atoms with Gasteiger partial charge >= 0.3 is 12.3 Å². The van der Waals surface area contributed by atoms with Gasteiger partial charge in [0.1, 0.15) is 11.9 Å². The number of carbonyl (C=O) groups is 1. The van der Waals surface area contributed by atoms with Gasteiger partial charge in [0.05, 0.1) is 13.7 Å². The fourth-order valence-corrected chi connectivity index (χ4v) is 6.24. The topological polar surface area (TPSA) is 87.2 Å². The Hall–Kier alpha value is -2.96. The molecule has 2 atom stereocenters. The van der Waals surface area contributed by atoms with E-state index in [-0.39, 0.29) is 29.8 Å².